The molecule has 1 amide bonds. The van der Waals surface area contributed by atoms with Gasteiger partial charge in [-0.2, -0.15) is 0 Å². The topological polar surface area (TPSA) is 46.5 Å². The Labute approximate surface area is 134 Å². The molecule has 0 aliphatic carbocycles. The fourth-order valence-electron chi connectivity index (χ4n) is 3.38. The number of benzene rings is 2. The monoisotopic (exact) mass is 309 g/mol. The Morgan fingerprint density at radius 3 is 2.78 bits per heavy atom. The van der Waals surface area contributed by atoms with Gasteiger partial charge in [-0.05, 0) is 25.2 Å². The third-order valence-corrected chi connectivity index (χ3v) is 4.52. The van der Waals surface area contributed by atoms with Gasteiger partial charge in [0.1, 0.15) is 6.10 Å². The molecule has 0 saturated carbocycles. The number of amides is 1. The summed E-state index contributed by atoms with van der Waals surface area (Å²) in [6.07, 6.45) is -0.376. The Kier molecular flexibility index (Phi) is 3.23. The third-order valence-electron chi connectivity index (χ3n) is 4.52. The summed E-state index contributed by atoms with van der Waals surface area (Å²) in [5, 5.41) is 5.48. The van der Waals surface area contributed by atoms with Crippen molar-refractivity contribution in [1.82, 2.24) is 9.88 Å². The second kappa shape index (κ2) is 5.28. The molecule has 1 aliphatic heterocycles. The average molecular weight is 309 g/mol. The molecule has 1 aromatic heterocycles. The van der Waals surface area contributed by atoms with Crippen LogP contribution in [0.15, 0.2) is 42.5 Å². The van der Waals surface area contributed by atoms with Crippen molar-refractivity contribution >= 4 is 33.6 Å². The lowest BCUT2D eigenvalue weighted by Crippen LogP contribution is -2.29. The predicted molar refractivity (Wildman–Crippen MR) is 92.0 cm³/mol. The van der Waals surface area contributed by atoms with Crippen LogP contribution in [-0.2, 0) is 11.8 Å². The lowest BCUT2D eigenvalue weighted by molar-refractivity contribution is 0.141. The van der Waals surface area contributed by atoms with Gasteiger partial charge in [0.2, 0.25) is 0 Å². The summed E-state index contributed by atoms with van der Waals surface area (Å²) < 4.78 is 7.56. The Balaban J connectivity index is 1.79. The number of fused-ring (bicyclic) bond motifs is 3. The van der Waals surface area contributed by atoms with E-state index in [0.717, 1.165) is 11.2 Å². The van der Waals surface area contributed by atoms with Crippen LogP contribution in [0.2, 0.25) is 0 Å². The number of aryl methyl sites for hydroxylation is 1. The largest absolute Gasteiger partial charge is 0.443 e. The maximum absolute atomic E-state index is 12.1. The summed E-state index contributed by atoms with van der Waals surface area (Å²) in [4.78, 5) is 13.8. The summed E-state index contributed by atoms with van der Waals surface area (Å²) in [5.41, 5.74) is 3.19. The number of nitrogens with zero attached hydrogens (tertiary/aromatic N) is 2. The Hall–Kier alpha value is -2.53. The van der Waals surface area contributed by atoms with Gasteiger partial charge in [0.25, 0.3) is 0 Å². The average Bonchev–Trinajstić information content (AvgIpc) is 3.07. The molecule has 23 heavy (non-hydrogen) atoms. The number of aromatic nitrogens is 1. The van der Waals surface area contributed by atoms with Crippen LogP contribution >= 0.6 is 0 Å². The molecule has 5 nitrogen and oxygen atoms in total. The first-order chi connectivity index (χ1) is 11.2. The second-order valence-corrected chi connectivity index (χ2v) is 5.95. The van der Waals surface area contributed by atoms with E-state index in [-0.39, 0.29) is 12.2 Å². The molecule has 1 fully saturated rings. The molecule has 2 aromatic carbocycles. The van der Waals surface area contributed by atoms with Gasteiger partial charge in [0, 0.05) is 35.6 Å². The molecule has 0 radical (unpaired) electrons. The SMILES string of the molecule is CNCC1CN(c2ccc3c4ccccc4n(C)c3c2)C(=O)O1. The summed E-state index contributed by atoms with van der Waals surface area (Å²) in [7, 11) is 3.92. The minimum Gasteiger partial charge on any atom is -0.443 e. The van der Waals surface area contributed by atoms with Crippen LogP contribution in [0.1, 0.15) is 0 Å². The van der Waals surface area contributed by atoms with Crippen molar-refractivity contribution in [3.63, 3.8) is 0 Å². The summed E-state index contributed by atoms with van der Waals surface area (Å²) in [6.45, 7) is 1.24. The van der Waals surface area contributed by atoms with E-state index in [9.17, 15) is 4.79 Å². The fraction of sp³-hybridized carbons (Fsp3) is 0.278. The van der Waals surface area contributed by atoms with E-state index in [1.165, 1.54) is 16.3 Å². The molecule has 1 saturated heterocycles. The number of para-hydroxylation sites is 1. The number of hydrogen-bond acceptors (Lipinski definition) is 3. The Morgan fingerprint density at radius 1 is 1.17 bits per heavy atom. The highest BCUT2D eigenvalue weighted by atomic mass is 16.6. The molecule has 0 bridgehead atoms. The van der Waals surface area contributed by atoms with E-state index in [4.69, 9.17) is 4.74 Å². The predicted octanol–water partition coefficient (Wildman–Crippen LogP) is 2.88. The minimum absolute atomic E-state index is 0.101. The van der Waals surface area contributed by atoms with Crippen molar-refractivity contribution in [2.45, 2.75) is 6.10 Å². The van der Waals surface area contributed by atoms with E-state index < -0.39 is 0 Å². The van der Waals surface area contributed by atoms with Crippen LogP contribution < -0.4 is 10.2 Å². The molecular formula is C18H19N3O2. The molecule has 1 aliphatic rings. The van der Waals surface area contributed by atoms with Crippen LogP contribution in [0, 0.1) is 0 Å². The van der Waals surface area contributed by atoms with Crippen molar-refractivity contribution in [2.24, 2.45) is 7.05 Å². The first-order valence-electron chi connectivity index (χ1n) is 7.79. The second-order valence-electron chi connectivity index (χ2n) is 5.95. The maximum Gasteiger partial charge on any atom is 0.414 e. The minimum atomic E-state index is -0.275. The molecule has 118 valence electrons. The third kappa shape index (κ3) is 2.16. The highest BCUT2D eigenvalue weighted by Gasteiger charge is 2.32. The zero-order valence-electron chi connectivity index (χ0n) is 13.2. The van der Waals surface area contributed by atoms with Crippen molar-refractivity contribution in [3.8, 4) is 0 Å². The van der Waals surface area contributed by atoms with Gasteiger partial charge in [0.05, 0.1) is 12.1 Å². The number of rotatable bonds is 3. The highest BCUT2D eigenvalue weighted by Crippen LogP contribution is 2.32. The van der Waals surface area contributed by atoms with Gasteiger partial charge in [0.15, 0.2) is 0 Å². The van der Waals surface area contributed by atoms with Gasteiger partial charge in [-0.25, -0.2) is 4.79 Å². The van der Waals surface area contributed by atoms with E-state index in [1.54, 1.807) is 4.90 Å². The summed E-state index contributed by atoms with van der Waals surface area (Å²) in [6, 6.07) is 14.5. The number of carbonyl (C=O) groups excluding carboxylic acids is 1. The zero-order chi connectivity index (χ0) is 16.0. The summed E-state index contributed by atoms with van der Waals surface area (Å²) in [5.74, 6) is 0. The van der Waals surface area contributed by atoms with Gasteiger partial charge >= 0.3 is 6.09 Å². The number of carbonyl (C=O) groups is 1. The van der Waals surface area contributed by atoms with Crippen LogP contribution in [0.3, 0.4) is 0 Å². The van der Waals surface area contributed by atoms with E-state index in [1.807, 2.05) is 19.2 Å². The molecule has 5 heteroatoms. The number of ether oxygens (including phenoxy) is 1. The maximum atomic E-state index is 12.1. The van der Waals surface area contributed by atoms with Gasteiger partial charge in [-0.15, -0.1) is 0 Å². The van der Waals surface area contributed by atoms with Gasteiger partial charge in [-0.3, -0.25) is 4.90 Å². The van der Waals surface area contributed by atoms with Crippen LogP contribution in [-0.4, -0.2) is 36.9 Å². The lowest BCUT2D eigenvalue weighted by Gasteiger charge is -2.13. The van der Waals surface area contributed by atoms with Crippen molar-refractivity contribution in [3.05, 3.63) is 42.5 Å². The van der Waals surface area contributed by atoms with Gasteiger partial charge in [-0.1, -0.05) is 24.3 Å². The molecule has 1 atom stereocenters. The fourth-order valence-corrected chi connectivity index (χ4v) is 3.38. The molecule has 1 N–H and O–H groups in total. The van der Waals surface area contributed by atoms with Crippen LogP contribution in [0.5, 0.6) is 0 Å². The first kappa shape index (κ1) is 14.1. The van der Waals surface area contributed by atoms with E-state index >= 15 is 0 Å². The summed E-state index contributed by atoms with van der Waals surface area (Å²) >= 11 is 0. The number of likely N-dealkylation sites (N-methyl/N-ethyl adjacent to an activating group) is 1. The standard InChI is InChI=1S/C18H19N3O2/c1-19-10-13-11-21(18(22)23-13)12-7-8-15-14-5-3-4-6-16(14)20(2)17(15)9-12/h3-9,13,19H,10-11H2,1-2H3. The molecule has 2 heterocycles. The number of cyclic esters (lactones) is 1. The van der Waals surface area contributed by atoms with E-state index in [2.05, 4.69) is 47.3 Å². The number of anilines is 1. The van der Waals surface area contributed by atoms with Crippen molar-refractivity contribution in [2.75, 3.05) is 25.0 Å². The van der Waals surface area contributed by atoms with Crippen molar-refractivity contribution < 1.29 is 9.53 Å². The van der Waals surface area contributed by atoms with Crippen molar-refractivity contribution in [1.29, 1.82) is 0 Å². The van der Waals surface area contributed by atoms with Crippen LogP contribution in [0.25, 0.3) is 21.8 Å². The molecule has 0 spiro atoms. The smallest absolute Gasteiger partial charge is 0.414 e. The molecule has 1 unspecified atom stereocenters. The Morgan fingerprint density at radius 2 is 1.96 bits per heavy atom. The Bertz CT molecular complexity index is 900. The van der Waals surface area contributed by atoms with Crippen LogP contribution in [0.4, 0.5) is 10.5 Å². The lowest BCUT2D eigenvalue weighted by atomic mass is 10.1. The number of nitrogens with one attached hydrogen (secondary N) is 1. The quantitative estimate of drug-likeness (QED) is 0.809. The zero-order valence-corrected chi connectivity index (χ0v) is 13.2. The number of hydrogen-bond donors (Lipinski definition) is 1. The van der Waals surface area contributed by atoms with E-state index in [0.29, 0.717) is 13.1 Å². The molecule has 3 aromatic rings. The first-order valence-corrected chi connectivity index (χ1v) is 7.79. The molecular weight excluding hydrogens is 290 g/mol. The molecule has 4 rings (SSSR count). The van der Waals surface area contributed by atoms with Gasteiger partial charge < -0.3 is 14.6 Å². The highest BCUT2D eigenvalue weighted by molar-refractivity contribution is 6.09. The normalized spacial score (nSPS) is 18.1.